The summed E-state index contributed by atoms with van der Waals surface area (Å²) in [6, 6.07) is 10.8. The molecule has 2 aromatic heterocycles. The Balaban J connectivity index is 1.49. The third kappa shape index (κ3) is 5.75. The number of sulfonamides is 1. The van der Waals surface area contributed by atoms with Crippen LogP contribution in [-0.2, 0) is 20.2 Å². The predicted octanol–water partition coefficient (Wildman–Crippen LogP) is 4.44. The van der Waals surface area contributed by atoms with Crippen molar-refractivity contribution in [2.75, 3.05) is 23.3 Å². The quantitative estimate of drug-likeness (QED) is 0.192. The molecule has 42 heavy (non-hydrogen) atoms. The van der Waals surface area contributed by atoms with Crippen LogP contribution in [0.5, 0.6) is 5.75 Å². The van der Waals surface area contributed by atoms with Crippen LogP contribution in [0.25, 0.3) is 11.3 Å². The number of nitrogens with one attached hydrogen (secondary N) is 3. The fourth-order valence-electron chi connectivity index (χ4n) is 4.22. The minimum Gasteiger partial charge on any atom is -0.484 e. The molecule has 1 aliphatic rings. The molecule has 1 fully saturated rings. The molecule has 3 heterocycles. The average molecular weight is 607 g/mol. The Morgan fingerprint density at radius 2 is 1.88 bits per heavy atom. The normalized spacial score (nSPS) is 15.2. The van der Waals surface area contributed by atoms with Crippen molar-refractivity contribution in [2.45, 2.75) is 31.1 Å². The van der Waals surface area contributed by atoms with Gasteiger partial charge >= 0.3 is 5.76 Å². The highest BCUT2D eigenvalue weighted by Gasteiger charge is 2.39. The minimum atomic E-state index is -5.06. The molecular formula is C26H25F3N6O6S. The van der Waals surface area contributed by atoms with Crippen molar-refractivity contribution >= 4 is 33.3 Å². The van der Waals surface area contributed by atoms with Crippen LogP contribution < -0.4 is 20.5 Å². The first-order valence-electron chi connectivity index (χ1n) is 12.4. The zero-order valence-corrected chi connectivity index (χ0v) is 23.0. The predicted molar refractivity (Wildman–Crippen MR) is 144 cm³/mol. The van der Waals surface area contributed by atoms with Gasteiger partial charge in [0.1, 0.15) is 40.5 Å². The zero-order chi connectivity index (χ0) is 30.2. The summed E-state index contributed by atoms with van der Waals surface area (Å²) in [6.07, 6.45) is -0.771. The number of rotatable bonds is 11. The number of H-pyrrole nitrogens is 1. The van der Waals surface area contributed by atoms with Gasteiger partial charge in [-0.3, -0.25) is 14.6 Å². The summed E-state index contributed by atoms with van der Waals surface area (Å²) >= 11 is 0. The first kappa shape index (κ1) is 28.9. The van der Waals surface area contributed by atoms with Crippen molar-refractivity contribution in [1.82, 2.24) is 15.4 Å². The van der Waals surface area contributed by atoms with Crippen LogP contribution in [0, 0.1) is 5.82 Å². The van der Waals surface area contributed by atoms with Gasteiger partial charge in [0.05, 0.1) is 24.3 Å². The van der Waals surface area contributed by atoms with Crippen LogP contribution >= 0.6 is 0 Å². The van der Waals surface area contributed by atoms with E-state index in [2.05, 4.69) is 20.7 Å². The summed E-state index contributed by atoms with van der Waals surface area (Å²) in [4.78, 5) is 12.5. The Morgan fingerprint density at radius 1 is 1.17 bits per heavy atom. The molecule has 0 aliphatic carbocycles. The van der Waals surface area contributed by atoms with Crippen LogP contribution in [0.3, 0.4) is 0 Å². The highest BCUT2D eigenvalue weighted by molar-refractivity contribution is 7.93. The molecule has 1 amide bonds. The molecule has 1 unspecified atom stereocenters. The number of amides is 1. The second-order valence-corrected chi connectivity index (χ2v) is 11.5. The maximum atomic E-state index is 13.4. The van der Waals surface area contributed by atoms with Crippen molar-refractivity contribution in [1.29, 1.82) is 0 Å². The van der Waals surface area contributed by atoms with E-state index >= 15 is 0 Å². The summed E-state index contributed by atoms with van der Waals surface area (Å²) in [7, 11) is -5.06. The Labute approximate surface area is 237 Å². The number of aromatic amines is 1. The molecule has 5 rings (SSSR count). The van der Waals surface area contributed by atoms with Gasteiger partial charge in [0.15, 0.2) is 5.82 Å². The molecule has 1 saturated heterocycles. The second kappa shape index (κ2) is 11.0. The Kier molecular flexibility index (Phi) is 7.59. The van der Waals surface area contributed by atoms with Gasteiger partial charge in [-0.15, -0.1) is 0 Å². The fraction of sp³-hybridized carbons (Fsp3) is 0.269. The van der Waals surface area contributed by atoms with Crippen molar-refractivity contribution < 1.29 is 40.4 Å². The maximum absolute atomic E-state index is 13.4. The number of aromatic nitrogens is 3. The molecule has 0 saturated carbocycles. The first-order valence-corrected chi connectivity index (χ1v) is 14.0. The van der Waals surface area contributed by atoms with Gasteiger partial charge in [-0.1, -0.05) is 23.4 Å². The van der Waals surface area contributed by atoms with Gasteiger partial charge in [0, 0.05) is 11.6 Å². The molecule has 5 N–H and O–H groups in total. The molecule has 1 aliphatic heterocycles. The maximum Gasteiger partial charge on any atom is 0.355 e. The smallest absolute Gasteiger partial charge is 0.355 e. The molecule has 0 bridgehead atoms. The van der Waals surface area contributed by atoms with Crippen molar-refractivity contribution in [3.05, 3.63) is 71.2 Å². The molecule has 222 valence electrons. The number of hydrogen-bond acceptors (Lipinski definition) is 9. The number of anilines is 3. The number of alkyl halides is 2. The minimum absolute atomic E-state index is 0.0515. The lowest BCUT2D eigenvalue weighted by atomic mass is 9.86. The van der Waals surface area contributed by atoms with Gasteiger partial charge in [-0.05, 0) is 43.7 Å². The van der Waals surface area contributed by atoms with Gasteiger partial charge in [0.2, 0.25) is 0 Å². The molecule has 4 aromatic rings. The van der Waals surface area contributed by atoms with Crippen LogP contribution in [0.4, 0.5) is 30.5 Å². The number of nitrogens with two attached hydrogens (primary N) is 1. The largest absolute Gasteiger partial charge is 0.484 e. The lowest BCUT2D eigenvalue weighted by molar-refractivity contribution is -0.0619. The van der Waals surface area contributed by atoms with Crippen molar-refractivity contribution in [2.24, 2.45) is 5.73 Å². The number of halogens is 3. The molecule has 0 radical (unpaired) electrons. The van der Waals surface area contributed by atoms with E-state index in [1.165, 1.54) is 42.5 Å². The summed E-state index contributed by atoms with van der Waals surface area (Å²) < 4.78 is 81.9. The van der Waals surface area contributed by atoms with Crippen molar-refractivity contribution in [3.63, 3.8) is 0 Å². The van der Waals surface area contributed by atoms with E-state index in [1.54, 1.807) is 13.0 Å². The van der Waals surface area contributed by atoms with Crippen LogP contribution in [-0.4, -0.2) is 48.7 Å². The van der Waals surface area contributed by atoms with Gasteiger partial charge in [-0.2, -0.15) is 13.9 Å². The van der Waals surface area contributed by atoms with E-state index in [0.717, 1.165) is 0 Å². The van der Waals surface area contributed by atoms with E-state index in [0.29, 0.717) is 24.5 Å². The third-order valence-electron chi connectivity index (χ3n) is 6.60. The topological polar surface area (TPSA) is 174 Å². The standard InChI is InChI=1S/C26H25F3N6O6S/c1-13(14-3-6-16(27)7-4-14)40-18-9-15(5-8-17(18)35-42(37,38)25(28)29)22-21(23(30)36)24(33-32-22)31-20-10-19(41-34-20)26(2)11-39-12-26/h3-10,13,25,35H,11-12H2,1-2H3,(H2,30,36)(H2,31,32,33,34). The Morgan fingerprint density at radius 3 is 2.50 bits per heavy atom. The Bertz CT molecular complexity index is 1720. The highest BCUT2D eigenvalue weighted by Crippen LogP contribution is 2.38. The highest BCUT2D eigenvalue weighted by atomic mass is 32.2. The summed E-state index contributed by atoms with van der Waals surface area (Å²) in [5, 5.41) is 13.7. The monoisotopic (exact) mass is 606 g/mol. The van der Waals surface area contributed by atoms with Gasteiger partial charge < -0.3 is 25.0 Å². The Hall–Kier alpha value is -4.57. The number of carbonyl (C=O) groups excluding carboxylic acids is 1. The van der Waals surface area contributed by atoms with E-state index in [9.17, 15) is 26.4 Å². The van der Waals surface area contributed by atoms with E-state index in [4.69, 9.17) is 19.7 Å². The van der Waals surface area contributed by atoms with E-state index in [1.807, 2.05) is 11.6 Å². The number of primary amides is 1. The number of benzene rings is 2. The van der Waals surface area contributed by atoms with E-state index < -0.39 is 33.6 Å². The molecule has 16 heteroatoms. The summed E-state index contributed by atoms with van der Waals surface area (Å²) in [6.45, 7) is 4.48. The third-order valence-corrected chi connectivity index (χ3v) is 7.57. The number of nitrogens with zero attached hydrogens (tertiary/aromatic N) is 2. The van der Waals surface area contributed by atoms with E-state index in [-0.39, 0.29) is 45.3 Å². The summed E-state index contributed by atoms with van der Waals surface area (Å²) in [5.74, 6) is -4.28. The van der Waals surface area contributed by atoms with Crippen LogP contribution in [0.1, 0.15) is 41.6 Å². The molecule has 0 spiro atoms. The van der Waals surface area contributed by atoms with Crippen LogP contribution in [0.15, 0.2) is 53.1 Å². The fourth-order valence-corrected chi connectivity index (χ4v) is 4.78. The summed E-state index contributed by atoms with van der Waals surface area (Å²) in [5.41, 5.74) is 5.77. The SMILES string of the molecule is CC(Oc1cc(-c2n[nH]c(Nc3cc(C4(C)COC4)on3)c2C(N)=O)ccc1NS(=O)(=O)C(F)F)c1ccc(F)cc1. The molecule has 12 nitrogen and oxygen atoms in total. The van der Waals surface area contributed by atoms with Crippen LogP contribution in [0.2, 0.25) is 0 Å². The molecule has 1 atom stereocenters. The van der Waals surface area contributed by atoms with Crippen molar-refractivity contribution in [3.8, 4) is 17.0 Å². The lowest BCUT2D eigenvalue weighted by Gasteiger charge is -2.35. The lowest BCUT2D eigenvalue weighted by Crippen LogP contribution is -2.43. The van der Waals surface area contributed by atoms with Gasteiger partial charge in [-0.25, -0.2) is 12.8 Å². The number of ether oxygens (including phenoxy) is 2. The molecular weight excluding hydrogens is 581 g/mol. The zero-order valence-electron chi connectivity index (χ0n) is 22.2. The number of carbonyl (C=O) groups is 1. The second-order valence-electron chi connectivity index (χ2n) is 9.87. The van der Waals surface area contributed by atoms with Gasteiger partial charge in [0.25, 0.3) is 15.9 Å². The average Bonchev–Trinajstić information content (AvgIpc) is 3.56. The number of hydrogen-bond donors (Lipinski definition) is 4. The molecule has 2 aromatic carbocycles. The first-order chi connectivity index (χ1) is 19.9.